The van der Waals surface area contributed by atoms with Crippen molar-refractivity contribution >= 4 is 15.9 Å². The van der Waals surface area contributed by atoms with Gasteiger partial charge in [-0.05, 0) is 36.4 Å². The van der Waals surface area contributed by atoms with E-state index in [1.54, 1.807) is 12.4 Å². The van der Waals surface area contributed by atoms with Crippen molar-refractivity contribution in [2.75, 3.05) is 0 Å². The summed E-state index contributed by atoms with van der Waals surface area (Å²) in [5.74, 6) is 0.956. The van der Waals surface area contributed by atoms with E-state index in [9.17, 15) is 0 Å². The maximum atomic E-state index is 4.44. The van der Waals surface area contributed by atoms with Gasteiger partial charge in [0.2, 0.25) is 0 Å². The molecule has 3 nitrogen and oxygen atoms in total. The molecule has 0 spiro atoms. The summed E-state index contributed by atoms with van der Waals surface area (Å²) >= 11 is 3.45. The van der Waals surface area contributed by atoms with Crippen LogP contribution in [-0.2, 0) is 0 Å². The van der Waals surface area contributed by atoms with E-state index in [4.69, 9.17) is 0 Å². The summed E-state index contributed by atoms with van der Waals surface area (Å²) < 4.78 is 3.16. The Morgan fingerprint density at radius 2 is 1.38 bits per heavy atom. The minimum absolute atomic E-state index is 0.956. The molecule has 0 unspecified atom stereocenters. The topological polar surface area (TPSA) is 30.7 Å². The van der Waals surface area contributed by atoms with Crippen molar-refractivity contribution in [1.29, 1.82) is 0 Å². The van der Waals surface area contributed by atoms with Crippen molar-refractivity contribution in [3.8, 4) is 17.1 Å². The highest BCUT2D eigenvalue weighted by atomic mass is 79.9. The highest BCUT2D eigenvalue weighted by Gasteiger charge is 2.06. The lowest BCUT2D eigenvalue weighted by Gasteiger charge is -2.07. The van der Waals surface area contributed by atoms with Crippen molar-refractivity contribution in [1.82, 2.24) is 14.5 Å². The van der Waals surface area contributed by atoms with Gasteiger partial charge in [-0.15, -0.1) is 0 Å². The number of imidazole rings is 1. The normalized spacial score (nSPS) is 9.88. The Balaban J connectivity index is 0.000000238. The number of nitrogens with zero attached hydrogens (tertiary/aromatic N) is 3. The molecular formula is C20H16BrN3. The second-order valence-corrected chi connectivity index (χ2v) is 5.90. The lowest BCUT2D eigenvalue weighted by Crippen LogP contribution is -1.95. The summed E-state index contributed by atoms with van der Waals surface area (Å²) in [7, 11) is 0. The van der Waals surface area contributed by atoms with Crippen LogP contribution < -0.4 is 0 Å². The molecule has 4 rings (SSSR count). The fraction of sp³-hybridized carbons (Fsp3) is 0. The minimum atomic E-state index is 0.956. The van der Waals surface area contributed by atoms with Crippen molar-refractivity contribution < 1.29 is 0 Å². The zero-order valence-corrected chi connectivity index (χ0v) is 14.5. The van der Waals surface area contributed by atoms with Gasteiger partial charge in [0.25, 0.3) is 0 Å². The molecule has 0 amide bonds. The first-order chi connectivity index (χ1) is 11.8. The van der Waals surface area contributed by atoms with Crippen molar-refractivity contribution in [2.45, 2.75) is 0 Å². The van der Waals surface area contributed by atoms with Crippen LogP contribution in [-0.4, -0.2) is 14.5 Å². The highest BCUT2D eigenvalue weighted by Crippen LogP contribution is 2.22. The first-order valence-corrected chi connectivity index (χ1v) is 8.33. The summed E-state index contributed by atoms with van der Waals surface area (Å²) in [5, 5.41) is 0. The van der Waals surface area contributed by atoms with Gasteiger partial charge in [0.1, 0.15) is 5.82 Å². The predicted molar refractivity (Wildman–Crippen MR) is 101 cm³/mol. The third-order valence-electron chi connectivity index (χ3n) is 3.34. The van der Waals surface area contributed by atoms with Crippen LogP contribution in [0.5, 0.6) is 0 Å². The Morgan fingerprint density at radius 1 is 0.708 bits per heavy atom. The fourth-order valence-corrected chi connectivity index (χ4v) is 2.49. The van der Waals surface area contributed by atoms with E-state index in [0.717, 1.165) is 21.5 Å². The van der Waals surface area contributed by atoms with Gasteiger partial charge in [0.15, 0.2) is 0 Å². The SMILES string of the molecule is Brc1ccc(-n2ccnc2-c2ccccc2)cc1.c1ccncc1. The molecule has 2 heterocycles. The third-order valence-corrected chi connectivity index (χ3v) is 3.87. The summed E-state index contributed by atoms with van der Waals surface area (Å²) in [6.07, 6.45) is 7.30. The van der Waals surface area contributed by atoms with Crippen molar-refractivity contribution in [2.24, 2.45) is 0 Å². The fourth-order valence-electron chi connectivity index (χ4n) is 2.23. The van der Waals surface area contributed by atoms with E-state index in [0.29, 0.717) is 0 Å². The molecule has 0 aliphatic carbocycles. The molecule has 0 fully saturated rings. The lowest BCUT2D eigenvalue weighted by atomic mass is 10.2. The largest absolute Gasteiger partial charge is 0.300 e. The average molecular weight is 378 g/mol. The smallest absolute Gasteiger partial charge is 0.144 e. The Bertz CT molecular complexity index is 830. The number of rotatable bonds is 2. The van der Waals surface area contributed by atoms with Gasteiger partial charge < -0.3 is 0 Å². The Morgan fingerprint density at radius 3 is 1.96 bits per heavy atom. The Kier molecular flexibility index (Phi) is 5.53. The highest BCUT2D eigenvalue weighted by molar-refractivity contribution is 9.10. The molecule has 0 bridgehead atoms. The summed E-state index contributed by atoms with van der Waals surface area (Å²) in [6, 6.07) is 24.1. The number of hydrogen-bond donors (Lipinski definition) is 0. The quantitative estimate of drug-likeness (QED) is 0.469. The molecular weight excluding hydrogens is 362 g/mol. The van der Waals surface area contributed by atoms with Gasteiger partial charge in [0, 0.05) is 40.5 Å². The monoisotopic (exact) mass is 377 g/mol. The van der Waals surface area contributed by atoms with Crippen molar-refractivity contribution in [3.63, 3.8) is 0 Å². The molecule has 0 radical (unpaired) electrons. The maximum absolute atomic E-state index is 4.44. The lowest BCUT2D eigenvalue weighted by molar-refractivity contribution is 1.07. The van der Waals surface area contributed by atoms with Gasteiger partial charge >= 0.3 is 0 Å². The van der Waals surface area contributed by atoms with Crippen LogP contribution in [0, 0.1) is 0 Å². The van der Waals surface area contributed by atoms with Crippen LogP contribution in [0.2, 0.25) is 0 Å². The number of benzene rings is 2. The average Bonchev–Trinajstić information content (AvgIpc) is 3.15. The molecule has 0 N–H and O–H groups in total. The second-order valence-electron chi connectivity index (χ2n) is 4.99. The molecule has 4 heteroatoms. The molecule has 118 valence electrons. The number of hydrogen-bond acceptors (Lipinski definition) is 2. The molecule has 0 aliphatic rings. The van der Waals surface area contributed by atoms with Crippen LogP contribution in [0.1, 0.15) is 0 Å². The summed E-state index contributed by atoms with van der Waals surface area (Å²) in [4.78, 5) is 8.22. The van der Waals surface area contributed by atoms with Gasteiger partial charge in [-0.25, -0.2) is 4.98 Å². The van der Waals surface area contributed by atoms with Crippen molar-refractivity contribution in [3.05, 3.63) is 102 Å². The van der Waals surface area contributed by atoms with E-state index in [2.05, 4.69) is 54.7 Å². The second kappa shape index (κ2) is 8.22. The van der Waals surface area contributed by atoms with Gasteiger partial charge in [0.05, 0.1) is 0 Å². The molecule has 2 aromatic heterocycles. The van der Waals surface area contributed by atoms with Crippen LogP contribution in [0.15, 0.2) is 102 Å². The Labute approximate surface area is 149 Å². The minimum Gasteiger partial charge on any atom is -0.300 e. The van der Waals surface area contributed by atoms with Crippen LogP contribution in [0.4, 0.5) is 0 Å². The van der Waals surface area contributed by atoms with E-state index in [1.807, 2.05) is 60.9 Å². The van der Waals surface area contributed by atoms with Gasteiger partial charge in [-0.3, -0.25) is 9.55 Å². The third kappa shape index (κ3) is 4.18. The zero-order chi connectivity index (χ0) is 16.6. The molecule has 0 aliphatic heterocycles. The molecule has 4 aromatic rings. The van der Waals surface area contributed by atoms with E-state index >= 15 is 0 Å². The summed E-state index contributed by atoms with van der Waals surface area (Å²) in [5.41, 5.74) is 2.22. The van der Waals surface area contributed by atoms with Gasteiger partial charge in [-0.2, -0.15) is 0 Å². The Hall–Kier alpha value is -2.72. The molecule has 0 saturated heterocycles. The number of aromatic nitrogens is 3. The number of pyridine rings is 1. The van der Waals surface area contributed by atoms with E-state index in [1.165, 1.54) is 0 Å². The molecule has 2 aromatic carbocycles. The first kappa shape index (κ1) is 16.1. The first-order valence-electron chi connectivity index (χ1n) is 7.54. The van der Waals surface area contributed by atoms with E-state index < -0.39 is 0 Å². The van der Waals surface area contributed by atoms with Crippen LogP contribution in [0.3, 0.4) is 0 Å². The standard InChI is InChI=1S/C15H11BrN2.C5H5N/c16-13-6-8-14(9-7-13)18-11-10-17-15(18)12-4-2-1-3-5-12;1-2-4-6-5-3-1/h1-11H;1-5H. The number of halogens is 1. The maximum Gasteiger partial charge on any atom is 0.144 e. The molecule has 0 saturated carbocycles. The van der Waals surface area contributed by atoms with E-state index in [-0.39, 0.29) is 0 Å². The zero-order valence-electron chi connectivity index (χ0n) is 13.0. The summed E-state index contributed by atoms with van der Waals surface area (Å²) in [6.45, 7) is 0. The van der Waals surface area contributed by atoms with Gasteiger partial charge in [-0.1, -0.05) is 52.3 Å². The predicted octanol–water partition coefficient (Wildman–Crippen LogP) is 5.38. The molecule has 0 atom stereocenters. The molecule has 24 heavy (non-hydrogen) atoms. The van der Waals surface area contributed by atoms with Crippen LogP contribution >= 0.6 is 15.9 Å². The van der Waals surface area contributed by atoms with Crippen LogP contribution in [0.25, 0.3) is 17.1 Å².